The van der Waals surface area contributed by atoms with Gasteiger partial charge in [0.2, 0.25) is 0 Å². The molecular weight excluding hydrogens is 290 g/mol. The molecule has 4 N–H and O–H groups in total. The highest BCUT2D eigenvalue weighted by atomic mass is 16.5. The summed E-state index contributed by atoms with van der Waals surface area (Å²) in [5, 5.41) is 0. The number of nitrogens with two attached hydrogens (primary N) is 2. The van der Waals surface area contributed by atoms with Gasteiger partial charge < -0.3 is 16.2 Å². The minimum absolute atomic E-state index is 0.137. The van der Waals surface area contributed by atoms with E-state index in [-0.39, 0.29) is 5.71 Å². The molecule has 23 heavy (non-hydrogen) atoms. The van der Waals surface area contributed by atoms with E-state index < -0.39 is 5.91 Å². The van der Waals surface area contributed by atoms with Gasteiger partial charge in [0.25, 0.3) is 5.91 Å². The standard InChI is InChI=1S/C16H17N3O2.C2H6/c1-19-15(16(18)20)13-9-12(7-8-14(13)17)21-10-11-5-3-2-4-6-11;1-2/h2-9H,10,17H2,1H3,(H2,18,20);1-2H3. The van der Waals surface area contributed by atoms with E-state index in [1.165, 1.54) is 7.05 Å². The lowest BCUT2D eigenvalue weighted by atomic mass is 10.1. The number of hydrogen-bond donors (Lipinski definition) is 2. The van der Waals surface area contributed by atoms with Crippen LogP contribution in [0.2, 0.25) is 0 Å². The number of rotatable bonds is 5. The Hall–Kier alpha value is -2.82. The highest BCUT2D eigenvalue weighted by Gasteiger charge is 2.13. The second-order valence-electron chi connectivity index (χ2n) is 4.46. The zero-order valence-corrected chi connectivity index (χ0v) is 13.7. The van der Waals surface area contributed by atoms with Crippen LogP contribution in [0, 0.1) is 0 Å². The molecule has 0 aromatic heterocycles. The molecule has 0 aliphatic heterocycles. The molecule has 0 bridgehead atoms. The lowest BCUT2D eigenvalue weighted by Crippen LogP contribution is -2.25. The van der Waals surface area contributed by atoms with Crippen molar-refractivity contribution in [2.45, 2.75) is 20.5 Å². The molecule has 122 valence electrons. The Bertz CT molecular complexity index is 667. The van der Waals surface area contributed by atoms with Crippen molar-refractivity contribution >= 4 is 17.3 Å². The van der Waals surface area contributed by atoms with Crippen LogP contribution in [0.4, 0.5) is 5.69 Å². The third-order valence-corrected chi connectivity index (χ3v) is 2.99. The van der Waals surface area contributed by atoms with Gasteiger partial charge in [-0.2, -0.15) is 0 Å². The predicted molar refractivity (Wildman–Crippen MR) is 94.6 cm³/mol. The number of carbonyl (C=O) groups excluding carboxylic acids is 1. The summed E-state index contributed by atoms with van der Waals surface area (Å²) in [5.74, 6) is -0.0186. The van der Waals surface area contributed by atoms with Crippen LogP contribution in [0.1, 0.15) is 25.0 Å². The van der Waals surface area contributed by atoms with Gasteiger partial charge in [0, 0.05) is 18.3 Å². The molecule has 1 amide bonds. The van der Waals surface area contributed by atoms with E-state index in [0.717, 1.165) is 5.56 Å². The molecule has 0 saturated carbocycles. The summed E-state index contributed by atoms with van der Waals surface area (Å²) in [6.07, 6.45) is 0. The van der Waals surface area contributed by atoms with E-state index in [9.17, 15) is 4.79 Å². The summed E-state index contributed by atoms with van der Waals surface area (Å²) in [5.41, 5.74) is 13.3. The number of hydrogen-bond acceptors (Lipinski definition) is 4. The second-order valence-corrected chi connectivity index (χ2v) is 4.46. The van der Waals surface area contributed by atoms with Crippen molar-refractivity contribution in [3.8, 4) is 5.75 Å². The molecule has 2 rings (SSSR count). The maximum Gasteiger partial charge on any atom is 0.267 e. The third kappa shape index (κ3) is 5.14. The van der Waals surface area contributed by atoms with Crippen LogP contribution < -0.4 is 16.2 Å². The fraction of sp³-hybridized carbons (Fsp3) is 0.222. The average Bonchev–Trinajstić information content (AvgIpc) is 2.58. The van der Waals surface area contributed by atoms with Gasteiger partial charge >= 0.3 is 0 Å². The van der Waals surface area contributed by atoms with E-state index in [1.54, 1.807) is 18.2 Å². The number of aliphatic imine (C=N–C) groups is 1. The number of benzene rings is 2. The number of carbonyl (C=O) groups is 1. The normalized spacial score (nSPS) is 10.5. The van der Waals surface area contributed by atoms with Crippen LogP contribution in [0.5, 0.6) is 5.75 Å². The molecule has 0 fully saturated rings. The van der Waals surface area contributed by atoms with Gasteiger partial charge in [-0.05, 0) is 23.8 Å². The second kappa shape index (κ2) is 9.25. The first-order valence-corrected chi connectivity index (χ1v) is 7.45. The topological polar surface area (TPSA) is 90.7 Å². The van der Waals surface area contributed by atoms with E-state index in [4.69, 9.17) is 16.2 Å². The molecule has 0 aliphatic rings. The summed E-state index contributed by atoms with van der Waals surface area (Å²) in [4.78, 5) is 15.3. The minimum atomic E-state index is -0.621. The number of nitrogen functional groups attached to an aromatic ring is 1. The molecule has 5 heteroatoms. The Morgan fingerprint density at radius 3 is 2.35 bits per heavy atom. The Balaban J connectivity index is 0.00000127. The van der Waals surface area contributed by atoms with Crippen molar-refractivity contribution in [1.29, 1.82) is 0 Å². The average molecular weight is 313 g/mol. The van der Waals surface area contributed by atoms with Gasteiger partial charge in [-0.15, -0.1) is 0 Å². The maximum atomic E-state index is 11.4. The van der Waals surface area contributed by atoms with Crippen LogP contribution in [-0.2, 0) is 11.4 Å². The molecular formula is C18H23N3O2. The molecule has 5 nitrogen and oxygen atoms in total. The lowest BCUT2D eigenvalue weighted by molar-refractivity contribution is -0.111. The van der Waals surface area contributed by atoms with Crippen molar-refractivity contribution in [1.82, 2.24) is 0 Å². The zero-order valence-electron chi connectivity index (χ0n) is 13.7. The Labute approximate surface area is 137 Å². The van der Waals surface area contributed by atoms with Gasteiger partial charge in [0.15, 0.2) is 0 Å². The fourth-order valence-electron chi connectivity index (χ4n) is 1.93. The number of nitrogens with zero attached hydrogens (tertiary/aromatic N) is 1. The van der Waals surface area contributed by atoms with E-state index in [1.807, 2.05) is 44.2 Å². The molecule has 2 aromatic carbocycles. The van der Waals surface area contributed by atoms with Crippen molar-refractivity contribution < 1.29 is 9.53 Å². The quantitative estimate of drug-likeness (QED) is 0.657. The largest absolute Gasteiger partial charge is 0.489 e. The van der Waals surface area contributed by atoms with Crippen molar-refractivity contribution in [2.24, 2.45) is 10.7 Å². The fourth-order valence-corrected chi connectivity index (χ4v) is 1.93. The highest BCUT2D eigenvalue weighted by molar-refractivity contribution is 6.45. The van der Waals surface area contributed by atoms with Crippen LogP contribution in [-0.4, -0.2) is 18.7 Å². The Morgan fingerprint density at radius 2 is 1.78 bits per heavy atom. The van der Waals surface area contributed by atoms with E-state index in [0.29, 0.717) is 23.6 Å². The number of amides is 1. The summed E-state index contributed by atoms with van der Waals surface area (Å²) in [6, 6.07) is 14.9. The molecule has 0 heterocycles. The molecule has 0 unspecified atom stereocenters. The number of anilines is 1. The summed E-state index contributed by atoms with van der Waals surface area (Å²) in [6.45, 7) is 4.43. The zero-order chi connectivity index (χ0) is 17.2. The van der Waals surface area contributed by atoms with Crippen LogP contribution >= 0.6 is 0 Å². The number of primary amides is 1. The van der Waals surface area contributed by atoms with Gasteiger partial charge in [-0.25, -0.2) is 0 Å². The monoisotopic (exact) mass is 313 g/mol. The minimum Gasteiger partial charge on any atom is -0.489 e. The highest BCUT2D eigenvalue weighted by Crippen LogP contribution is 2.21. The maximum absolute atomic E-state index is 11.4. The van der Waals surface area contributed by atoms with Crippen LogP contribution in [0.25, 0.3) is 0 Å². The SMILES string of the molecule is CC.CN=C(C(N)=O)c1cc(OCc2ccccc2)ccc1N. The van der Waals surface area contributed by atoms with E-state index in [2.05, 4.69) is 4.99 Å². The number of ether oxygens (including phenoxy) is 1. The molecule has 0 saturated heterocycles. The molecule has 0 spiro atoms. The first kappa shape index (κ1) is 18.2. The third-order valence-electron chi connectivity index (χ3n) is 2.99. The summed E-state index contributed by atoms with van der Waals surface area (Å²) >= 11 is 0. The van der Waals surface area contributed by atoms with Gasteiger partial charge in [0.1, 0.15) is 18.1 Å². The van der Waals surface area contributed by atoms with Gasteiger partial charge in [0.05, 0.1) is 0 Å². The molecule has 0 radical (unpaired) electrons. The lowest BCUT2D eigenvalue weighted by Gasteiger charge is -2.10. The predicted octanol–water partition coefficient (Wildman–Crippen LogP) is 2.78. The Morgan fingerprint density at radius 1 is 1.13 bits per heavy atom. The van der Waals surface area contributed by atoms with Crippen molar-refractivity contribution in [3.63, 3.8) is 0 Å². The summed E-state index contributed by atoms with van der Waals surface area (Å²) < 4.78 is 5.70. The van der Waals surface area contributed by atoms with Gasteiger partial charge in [-0.3, -0.25) is 9.79 Å². The molecule has 0 aliphatic carbocycles. The van der Waals surface area contributed by atoms with Crippen molar-refractivity contribution in [3.05, 3.63) is 59.7 Å². The molecule has 2 aromatic rings. The molecule has 0 atom stereocenters. The Kier molecular flexibility index (Phi) is 7.33. The van der Waals surface area contributed by atoms with Crippen molar-refractivity contribution in [2.75, 3.05) is 12.8 Å². The van der Waals surface area contributed by atoms with Crippen LogP contribution in [0.3, 0.4) is 0 Å². The van der Waals surface area contributed by atoms with E-state index >= 15 is 0 Å². The van der Waals surface area contributed by atoms with Crippen LogP contribution in [0.15, 0.2) is 53.5 Å². The van der Waals surface area contributed by atoms with Gasteiger partial charge in [-0.1, -0.05) is 44.2 Å². The smallest absolute Gasteiger partial charge is 0.267 e. The first-order chi connectivity index (χ1) is 11.1. The first-order valence-electron chi connectivity index (χ1n) is 7.45. The summed E-state index contributed by atoms with van der Waals surface area (Å²) in [7, 11) is 1.50.